The Bertz CT molecular complexity index is 731. The summed E-state index contributed by atoms with van der Waals surface area (Å²) in [5, 5.41) is 0. The van der Waals surface area contributed by atoms with Crippen LogP contribution < -0.4 is 10.6 Å². The Hall–Kier alpha value is -1.97. The number of alkyl halides is 6. The lowest BCUT2D eigenvalue weighted by molar-refractivity contribution is -0.143. The first-order valence-corrected chi connectivity index (χ1v) is 10.5. The summed E-state index contributed by atoms with van der Waals surface area (Å²) in [6.45, 7) is 2.72. The van der Waals surface area contributed by atoms with Gasteiger partial charge in [-0.05, 0) is 62.8 Å². The number of hydrogen-bond donors (Lipinski definition) is 1. The minimum atomic E-state index is -4.84. The number of anilines is 1. The Morgan fingerprint density at radius 1 is 0.871 bits per heavy atom. The predicted molar refractivity (Wildman–Crippen MR) is 104 cm³/mol. The quantitative estimate of drug-likeness (QED) is 0.670. The molecule has 4 nitrogen and oxygen atoms in total. The average Bonchev–Trinajstić information content (AvgIpc) is 2.71. The molecule has 1 aliphatic carbocycles. The van der Waals surface area contributed by atoms with E-state index in [-0.39, 0.29) is 23.6 Å². The van der Waals surface area contributed by atoms with E-state index in [4.69, 9.17) is 5.73 Å². The summed E-state index contributed by atoms with van der Waals surface area (Å²) < 4.78 is 78.5. The van der Waals surface area contributed by atoms with Crippen LogP contribution in [0.4, 0.5) is 32.0 Å². The number of amides is 1. The first-order valence-electron chi connectivity index (χ1n) is 10.5. The fourth-order valence-corrected chi connectivity index (χ4v) is 4.45. The fourth-order valence-electron chi connectivity index (χ4n) is 4.45. The molecule has 1 heterocycles. The molecule has 1 saturated carbocycles. The summed E-state index contributed by atoms with van der Waals surface area (Å²) in [7, 11) is 0. The number of piperazine rings is 1. The van der Waals surface area contributed by atoms with E-state index in [2.05, 4.69) is 4.90 Å². The van der Waals surface area contributed by atoms with Crippen LogP contribution in [-0.2, 0) is 17.1 Å². The van der Waals surface area contributed by atoms with E-state index in [0.717, 1.165) is 50.8 Å². The van der Waals surface area contributed by atoms with Crippen LogP contribution >= 0.6 is 0 Å². The van der Waals surface area contributed by atoms with Crippen molar-refractivity contribution in [3.63, 3.8) is 0 Å². The van der Waals surface area contributed by atoms with Crippen molar-refractivity contribution in [2.45, 2.75) is 44.5 Å². The van der Waals surface area contributed by atoms with Crippen LogP contribution in [0.15, 0.2) is 18.2 Å². The number of primary amides is 1. The zero-order valence-electron chi connectivity index (χ0n) is 17.1. The van der Waals surface area contributed by atoms with E-state index in [0.29, 0.717) is 32.1 Å². The molecule has 1 aliphatic heterocycles. The number of nitrogens with two attached hydrogens (primary N) is 1. The molecule has 0 aromatic heterocycles. The van der Waals surface area contributed by atoms with Crippen LogP contribution in [0.5, 0.6) is 0 Å². The Balaban J connectivity index is 1.55. The second-order valence-corrected chi connectivity index (χ2v) is 8.50. The van der Waals surface area contributed by atoms with Crippen molar-refractivity contribution in [2.24, 2.45) is 17.6 Å². The molecule has 0 bridgehead atoms. The number of carbonyl (C=O) groups is 1. The molecule has 10 heteroatoms. The molecule has 0 atom stereocenters. The lowest BCUT2D eigenvalue weighted by atomic mass is 9.80. The second kappa shape index (κ2) is 9.26. The van der Waals surface area contributed by atoms with Crippen molar-refractivity contribution >= 4 is 11.6 Å². The number of benzene rings is 1. The van der Waals surface area contributed by atoms with Gasteiger partial charge in [-0.25, -0.2) is 0 Å². The molecule has 0 radical (unpaired) electrons. The molecule has 174 valence electrons. The van der Waals surface area contributed by atoms with Crippen molar-refractivity contribution in [1.82, 2.24) is 4.90 Å². The summed E-state index contributed by atoms with van der Waals surface area (Å²) >= 11 is 0. The second-order valence-electron chi connectivity index (χ2n) is 8.50. The van der Waals surface area contributed by atoms with Crippen molar-refractivity contribution in [2.75, 3.05) is 37.6 Å². The Morgan fingerprint density at radius 3 is 1.84 bits per heavy atom. The van der Waals surface area contributed by atoms with Gasteiger partial charge in [0.1, 0.15) is 0 Å². The Kier molecular flexibility index (Phi) is 7.08. The Morgan fingerprint density at radius 2 is 1.39 bits per heavy atom. The van der Waals surface area contributed by atoms with Crippen LogP contribution in [0.3, 0.4) is 0 Å². The van der Waals surface area contributed by atoms with E-state index in [9.17, 15) is 31.1 Å². The maximum Gasteiger partial charge on any atom is 0.416 e. The summed E-state index contributed by atoms with van der Waals surface area (Å²) in [5.41, 5.74) is 2.73. The molecule has 1 saturated heterocycles. The molecule has 2 fully saturated rings. The first-order chi connectivity index (χ1) is 14.4. The molecule has 1 aromatic rings. The SMILES string of the molecule is NC(=O)C1CCC(CCN2CCN(c3cc(C(F)(F)F)cc(C(F)(F)F)c3)CC2)CC1. The zero-order chi connectivity index (χ0) is 22.8. The number of nitrogens with zero attached hydrogens (tertiary/aromatic N) is 2. The van der Waals surface area contributed by atoms with E-state index in [1.807, 2.05) is 0 Å². The topological polar surface area (TPSA) is 49.6 Å². The third-order valence-corrected chi connectivity index (χ3v) is 6.41. The molecule has 1 amide bonds. The molecule has 0 unspecified atom stereocenters. The minimum absolute atomic E-state index is 0.0335. The maximum atomic E-state index is 13.1. The van der Waals surface area contributed by atoms with Gasteiger partial charge in [0, 0.05) is 37.8 Å². The van der Waals surface area contributed by atoms with Gasteiger partial charge in [0.05, 0.1) is 11.1 Å². The standard InChI is InChI=1S/C21H27F6N3O/c22-20(23,24)16-11-17(21(25,26)27)13-18(12-16)30-9-7-29(8-10-30)6-5-14-1-3-15(4-2-14)19(28)31/h11-15H,1-10H2,(H2,28,31). The highest BCUT2D eigenvalue weighted by atomic mass is 19.4. The summed E-state index contributed by atoms with van der Waals surface area (Å²) in [6.07, 6.45) is -5.18. The van der Waals surface area contributed by atoms with E-state index in [1.54, 1.807) is 4.90 Å². The third-order valence-electron chi connectivity index (χ3n) is 6.41. The first kappa shape index (κ1) is 23.7. The normalized spacial score (nSPS) is 23.7. The van der Waals surface area contributed by atoms with Crippen molar-refractivity contribution in [1.29, 1.82) is 0 Å². The monoisotopic (exact) mass is 451 g/mol. The molecule has 2 aliphatic rings. The summed E-state index contributed by atoms with van der Waals surface area (Å²) in [6, 6.07) is 1.75. The molecule has 31 heavy (non-hydrogen) atoms. The van der Waals surface area contributed by atoms with E-state index >= 15 is 0 Å². The van der Waals surface area contributed by atoms with Crippen LogP contribution in [0.2, 0.25) is 0 Å². The number of rotatable bonds is 5. The molecule has 0 spiro atoms. The smallest absolute Gasteiger partial charge is 0.369 e. The van der Waals surface area contributed by atoms with Gasteiger partial charge >= 0.3 is 12.4 Å². The summed E-state index contributed by atoms with van der Waals surface area (Å²) in [4.78, 5) is 15.0. The van der Waals surface area contributed by atoms with Crippen LogP contribution in [-0.4, -0.2) is 43.5 Å². The molecular weight excluding hydrogens is 424 g/mol. The lowest BCUT2D eigenvalue weighted by Gasteiger charge is -2.37. The van der Waals surface area contributed by atoms with Crippen LogP contribution in [0.25, 0.3) is 0 Å². The highest BCUT2D eigenvalue weighted by Gasteiger charge is 2.37. The lowest BCUT2D eigenvalue weighted by Crippen LogP contribution is -2.47. The number of halogens is 6. The summed E-state index contributed by atoms with van der Waals surface area (Å²) in [5.74, 6) is 0.248. The highest BCUT2D eigenvalue weighted by molar-refractivity contribution is 5.76. The van der Waals surface area contributed by atoms with Crippen LogP contribution in [0, 0.1) is 11.8 Å². The molecule has 1 aromatic carbocycles. The zero-order valence-corrected chi connectivity index (χ0v) is 17.1. The van der Waals surface area contributed by atoms with Gasteiger partial charge in [-0.3, -0.25) is 9.69 Å². The van der Waals surface area contributed by atoms with Gasteiger partial charge in [0.25, 0.3) is 0 Å². The molecular formula is C21H27F6N3O. The number of carbonyl (C=O) groups excluding carboxylic acids is 1. The molecule has 3 rings (SSSR count). The van der Waals surface area contributed by atoms with Gasteiger partial charge in [0.2, 0.25) is 5.91 Å². The van der Waals surface area contributed by atoms with Crippen molar-refractivity contribution in [3.8, 4) is 0 Å². The van der Waals surface area contributed by atoms with E-state index < -0.39 is 23.5 Å². The molecule has 2 N–H and O–H groups in total. The highest BCUT2D eigenvalue weighted by Crippen LogP contribution is 2.38. The predicted octanol–water partition coefficient (Wildman–Crippen LogP) is 4.53. The number of hydrogen-bond acceptors (Lipinski definition) is 3. The van der Waals surface area contributed by atoms with Crippen LogP contribution in [0.1, 0.15) is 43.2 Å². The van der Waals surface area contributed by atoms with E-state index in [1.165, 1.54) is 0 Å². The van der Waals surface area contributed by atoms with Crippen molar-refractivity contribution < 1.29 is 31.1 Å². The van der Waals surface area contributed by atoms with Gasteiger partial charge in [0.15, 0.2) is 0 Å². The fraction of sp³-hybridized carbons (Fsp3) is 0.667. The maximum absolute atomic E-state index is 13.1. The minimum Gasteiger partial charge on any atom is -0.369 e. The van der Waals surface area contributed by atoms with Crippen molar-refractivity contribution in [3.05, 3.63) is 29.3 Å². The van der Waals surface area contributed by atoms with Gasteiger partial charge in [-0.15, -0.1) is 0 Å². The average molecular weight is 451 g/mol. The Labute approximate surface area is 177 Å². The van der Waals surface area contributed by atoms with Gasteiger partial charge < -0.3 is 10.6 Å². The van der Waals surface area contributed by atoms with Gasteiger partial charge in [-0.2, -0.15) is 26.3 Å². The largest absolute Gasteiger partial charge is 0.416 e. The third kappa shape index (κ3) is 6.27. The van der Waals surface area contributed by atoms with Gasteiger partial charge in [-0.1, -0.05) is 0 Å².